The lowest BCUT2D eigenvalue weighted by Gasteiger charge is -2.39. The molecule has 6 aliphatic rings. The van der Waals surface area contributed by atoms with Gasteiger partial charge in [0.15, 0.2) is 0 Å². The van der Waals surface area contributed by atoms with Crippen LogP contribution in [-0.2, 0) is 28.7 Å². The van der Waals surface area contributed by atoms with Crippen molar-refractivity contribution in [2.75, 3.05) is 19.8 Å². The van der Waals surface area contributed by atoms with E-state index in [0.717, 1.165) is 83.0 Å². The van der Waals surface area contributed by atoms with Crippen LogP contribution in [0.4, 0.5) is 0 Å². The molecule has 6 saturated carbocycles. The van der Waals surface area contributed by atoms with E-state index in [4.69, 9.17) is 14.3 Å². The standard InChI is InChI=1S/C45H76N2O8/c1-45(2,28-53-37-20-16-35(17-21-37)46-42(48)39-24-15-33(26-41(39)44(51)52)31-11-7-4-8-12-31)29-54-38-22-18-36(19-23-38)47-55-27-34-14-13-32(25-40(34)43(49)50)30-9-5-3-6-10-30/h30-41,47H,3-29H2,1-2H3,(H,46,48)(H,49,50)(H,51,52). The molecule has 10 nitrogen and oxygen atoms in total. The lowest BCUT2D eigenvalue weighted by Crippen LogP contribution is -2.47. The molecule has 0 heterocycles. The predicted molar refractivity (Wildman–Crippen MR) is 212 cm³/mol. The van der Waals surface area contributed by atoms with E-state index in [2.05, 4.69) is 24.6 Å². The predicted octanol–water partition coefficient (Wildman–Crippen LogP) is 8.70. The Bertz CT molecular complexity index is 1200. The summed E-state index contributed by atoms with van der Waals surface area (Å²) >= 11 is 0. The largest absolute Gasteiger partial charge is 0.481 e. The SMILES string of the molecule is CC(C)(COC1CCC(NOCC2CCC(C3CCCCC3)CC2C(=O)O)CC1)COC1CCC(NC(=O)C2CCC(C3CCCCC3)CC2C(=O)O)CC1. The number of nitrogens with one attached hydrogen (secondary N) is 2. The van der Waals surface area contributed by atoms with Gasteiger partial charge in [-0.05, 0) is 119 Å². The highest BCUT2D eigenvalue weighted by Crippen LogP contribution is 2.44. The van der Waals surface area contributed by atoms with Crippen molar-refractivity contribution in [1.29, 1.82) is 0 Å². The first-order valence-corrected chi connectivity index (χ1v) is 22.9. The second-order valence-corrected chi connectivity index (χ2v) is 19.9. The maximum Gasteiger partial charge on any atom is 0.307 e. The third kappa shape index (κ3) is 12.6. The van der Waals surface area contributed by atoms with Crippen LogP contribution in [0.2, 0.25) is 0 Å². The van der Waals surface area contributed by atoms with E-state index in [1.165, 1.54) is 64.2 Å². The molecule has 0 aromatic carbocycles. The zero-order valence-corrected chi connectivity index (χ0v) is 34.4. The van der Waals surface area contributed by atoms with E-state index in [0.29, 0.717) is 50.4 Å². The Morgan fingerprint density at radius 1 is 0.545 bits per heavy atom. The lowest BCUT2D eigenvalue weighted by molar-refractivity contribution is -0.150. The molecular weight excluding hydrogens is 697 g/mol. The van der Waals surface area contributed by atoms with E-state index < -0.39 is 23.8 Å². The quantitative estimate of drug-likeness (QED) is 0.113. The summed E-state index contributed by atoms with van der Waals surface area (Å²) in [6.45, 7) is 6.16. The maximum atomic E-state index is 13.4. The van der Waals surface area contributed by atoms with Crippen LogP contribution < -0.4 is 10.8 Å². The van der Waals surface area contributed by atoms with Crippen LogP contribution in [0.5, 0.6) is 0 Å². The van der Waals surface area contributed by atoms with E-state index in [1.807, 2.05) is 0 Å². The number of carboxylic acid groups (broad SMARTS) is 2. The minimum atomic E-state index is -0.802. The van der Waals surface area contributed by atoms with E-state index in [1.54, 1.807) is 0 Å². The topological polar surface area (TPSA) is 143 Å². The fraction of sp³-hybridized carbons (Fsp3) is 0.933. The Labute approximate surface area is 331 Å². The van der Waals surface area contributed by atoms with Gasteiger partial charge in [-0.1, -0.05) is 78.1 Å². The van der Waals surface area contributed by atoms with Crippen molar-refractivity contribution in [2.45, 2.75) is 192 Å². The molecule has 314 valence electrons. The summed E-state index contributed by atoms with van der Waals surface area (Å²) in [5.41, 5.74) is 3.18. The van der Waals surface area contributed by atoms with Gasteiger partial charge < -0.3 is 29.8 Å². The van der Waals surface area contributed by atoms with Crippen molar-refractivity contribution in [2.24, 2.45) is 52.8 Å². The van der Waals surface area contributed by atoms with Crippen molar-refractivity contribution in [1.82, 2.24) is 10.8 Å². The molecule has 6 atom stereocenters. The number of amides is 1. The molecule has 0 spiro atoms. The average Bonchev–Trinajstić information content (AvgIpc) is 3.20. The molecule has 6 rings (SSSR count). The second-order valence-electron chi connectivity index (χ2n) is 19.9. The van der Waals surface area contributed by atoms with Crippen molar-refractivity contribution in [3.05, 3.63) is 0 Å². The van der Waals surface area contributed by atoms with Gasteiger partial charge in [0, 0.05) is 17.5 Å². The molecule has 0 aromatic rings. The number of carbonyl (C=O) groups is 3. The lowest BCUT2D eigenvalue weighted by atomic mass is 9.66. The van der Waals surface area contributed by atoms with E-state index >= 15 is 0 Å². The molecule has 0 radical (unpaired) electrons. The van der Waals surface area contributed by atoms with Gasteiger partial charge in [-0.2, -0.15) is 5.48 Å². The molecule has 1 amide bonds. The van der Waals surface area contributed by atoms with Crippen LogP contribution >= 0.6 is 0 Å². The molecule has 10 heteroatoms. The van der Waals surface area contributed by atoms with E-state index in [9.17, 15) is 24.6 Å². The molecule has 0 saturated heterocycles. The summed E-state index contributed by atoms with van der Waals surface area (Å²) in [6, 6.07) is 0.370. The van der Waals surface area contributed by atoms with Gasteiger partial charge in [-0.25, -0.2) is 0 Å². The highest BCUT2D eigenvalue weighted by Gasteiger charge is 2.43. The first-order valence-electron chi connectivity index (χ1n) is 22.9. The molecule has 6 fully saturated rings. The third-order valence-corrected chi connectivity index (χ3v) is 15.2. The third-order valence-electron chi connectivity index (χ3n) is 15.2. The van der Waals surface area contributed by atoms with Gasteiger partial charge in [0.05, 0.1) is 49.8 Å². The first kappa shape index (κ1) is 42.8. The minimum Gasteiger partial charge on any atom is -0.481 e. The number of carbonyl (C=O) groups excluding carboxylic acids is 1. The van der Waals surface area contributed by atoms with E-state index in [-0.39, 0.29) is 47.4 Å². The average molecular weight is 773 g/mol. The molecule has 4 N–H and O–H groups in total. The Morgan fingerprint density at radius 3 is 1.56 bits per heavy atom. The second kappa shape index (κ2) is 20.8. The summed E-state index contributed by atoms with van der Waals surface area (Å²) in [6.07, 6.45) is 25.9. The molecule has 6 aliphatic carbocycles. The zero-order chi connectivity index (χ0) is 38.8. The highest BCUT2D eigenvalue weighted by molar-refractivity contribution is 5.85. The summed E-state index contributed by atoms with van der Waals surface area (Å²) < 4.78 is 12.8. The molecular formula is C45H76N2O8. The Hall–Kier alpha value is -1.75. The summed E-state index contributed by atoms with van der Waals surface area (Å²) in [5, 5.41) is 23.3. The fourth-order valence-corrected chi connectivity index (χ4v) is 11.7. The smallest absolute Gasteiger partial charge is 0.307 e. The fourth-order valence-electron chi connectivity index (χ4n) is 11.7. The highest BCUT2D eigenvalue weighted by atomic mass is 16.6. The molecule has 55 heavy (non-hydrogen) atoms. The van der Waals surface area contributed by atoms with Gasteiger partial charge in [0.2, 0.25) is 5.91 Å². The van der Waals surface area contributed by atoms with Crippen LogP contribution in [0.15, 0.2) is 0 Å². The number of hydroxylamine groups is 1. The van der Waals surface area contributed by atoms with Crippen LogP contribution in [0.25, 0.3) is 0 Å². The molecule has 6 unspecified atom stereocenters. The maximum absolute atomic E-state index is 13.4. The number of aliphatic carboxylic acids is 2. The van der Waals surface area contributed by atoms with Gasteiger partial charge in [-0.15, -0.1) is 0 Å². The summed E-state index contributed by atoms with van der Waals surface area (Å²) in [4.78, 5) is 43.8. The molecule has 0 bridgehead atoms. The van der Waals surface area contributed by atoms with Crippen molar-refractivity contribution >= 4 is 17.8 Å². The van der Waals surface area contributed by atoms with Crippen LogP contribution in [0.3, 0.4) is 0 Å². The van der Waals surface area contributed by atoms with Gasteiger partial charge in [-0.3, -0.25) is 14.4 Å². The molecule has 0 aliphatic heterocycles. The first-order chi connectivity index (χ1) is 26.5. The number of hydrogen-bond acceptors (Lipinski definition) is 7. The summed E-state index contributed by atoms with van der Waals surface area (Å²) in [7, 11) is 0. The zero-order valence-electron chi connectivity index (χ0n) is 34.4. The van der Waals surface area contributed by atoms with Gasteiger partial charge in [0.25, 0.3) is 0 Å². The van der Waals surface area contributed by atoms with Crippen LogP contribution in [-0.4, -0.2) is 72.2 Å². The monoisotopic (exact) mass is 773 g/mol. The molecule has 0 aromatic heterocycles. The number of carboxylic acids is 2. The Balaban J connectivity index is 0.818. The van der Waals surface area contributed by atoms with Gasteiger partial charge in [0.1, 0.15) is 0 Å². The summed E-state index contributed by atoms with van der Waals surface area (Å²) in [5.74, 6) is -0.283. The number of rotatable bonds is 16. The van der Waals surface area contributed by atoms with Gasteiger partial charge >= 0.3 is 11.9 Å². The number of ether oxygens (including phenoxy) is 2. The minimum absolute atomic E-state index is 0.0506. The van der Waals surface area contributed by atoms with Crippen molar-refractivity contribution < 1.29 is 38.9 Å². The normalized spacial score (nSPS) is 35.9. The number of hydrogen-bond donors (Lipinski definition) is 4. The van der Waals surface area contributed by atoms with Crippen molar-refractivity contribution in [3.63, 3.8) is 0 Å². The van der Waals surface area contributed by atoms with Crippen LogP contribution in [0.1, 0.15) is 168 Å². The Kier molecular flexibility index (Phi) is 16.2. The Morgan fingerprint density at radius 2 is 1.04 bits per heavy atom. The van der Waals surface area contributed by atoms with Crippen LogP contribution in [0, 0.1) is 52.8 Å². The van der Waals surface area contributed by atoms with Crippen molar-refractivity contribution in [3.8, 4) is 0 Å².